The van der Waals surface area contributed by atoms with E-state index < -0.39 is 10.0 Å². The molecule has 0 aromatic carbocycles. The van der Waals surface area contributed by atoms with Crippen molar-refractivity contribution in [2.24, 2.45) is 0 Å². The van der Waals surface area contributed by atoms with Gasteiger partial charge in [-0.05, 0) is 44.8 Å². The van der Waals surface area contributed by atoms with Crippen LogP contribution < -0.4 is 4.72 Å². The second-order valence-corrected chi connectivity index (χ2v) is 8.03. The first-order valence-electron chi connectivity index (χ1n) is 6.22. The number of nitrogens with one attached hydrogen (secondary N) is 1. The summed E-state index contributed by atoms with van der Waals surface area (Å²) in [7, 11) is -3.12. The highest BCUT2D eigenvalue weighted by Crippen LogP contribution is 2.14. The van der Waals surface area contributed by atoms with Crippen LogP contribution in [-0.4, -0.2) is 32.7 Å². The van der Waals surface area contributed by atoms with E-state index >= 15 is 0 Å². The lowest BCUT2D eigenvalue weighted by molar-refractivity contribution is 0.262. The summed E-state index contributed by atoms with van der Waals surface area (Å²) in [6.07, 6.45) is 1.19. The number of thiophene rings is 2. The van der Waals surface area contributed by atoms with Crippen molar-refractivity contribution in [3.63, 3.8) is 0 Å². The van der Waals surface area contributed by atoms with Crippen LogP contribution in [0, 0.1) is 0 Å². The molecule has 0 aliphatic rings. The highest BCUT2D eigenvalue weighted by Gasteiger charge is 2.09. The van der Waals surface area contributed by atoms with E-state index in [1.54, 1.807) is 22.7 Å². The molecule has 1 N–H and O–H groups in total. The summed E-state index contributed by atoms with van der Waals surface area (Å²) in [5.74, 6) is 0. The SMILES string of the molecule is CS(=O)(=O)NCCN(Cc1ccsc1)Cc1ccsc1. The molecule has 0 aliphatic heterocycles. The molecule has 2 aromatic heterocycles. The maximum Gasteiger partial charge on any atom is 0.208 e. The van der Waals surface area contributed by atoms with Crippen LogP contribution in [0.1, 0.15) is 11.1 Å². The Morgan fingerprint density at radius 1 is 1.10 bits per heavy atom. The van der Waals surface area contributed by atoms with Crippen molar-refractivity contribution < 1.29 is 8.42 Å². The molecule has 2 aromatic rings. The summed E-state index contributed by atoms with van der Waals surface area (Å²) in [6.45, 7) is 2.81. The molecule has 0 fully saturated rings. The lowest BCUT2D eigenvalue weighted by atomic mass is 10.2. The minimum absolute atomic E-state index is 0.438. The van der Waals surface area contributed by atoms with Gasteiger partial charge in [0.15, 0.2) is 0 Å². The Labute approximate surface area is 128 Å². The third-order valence-electron chi connectivity index (χ3n) is 2.76. The smallest absolute Gasteiger partial charge is 0.208 e. The van der Waals surface area contributed by atoms with Crippen molar-refractivity contribution in [2.75, 3.05) is 19.3 Å². The van der Waals surface area contributed by atoms with Crippen molar-refractivity contribution in [3.05, 3.63) is 44.8 Å². The molecule has 0 saturated heterocycles. The second-order valence-electron chi connectivity index (χ2n) is 4.64. The van der Waals surface area contributed by atoms with E-state index in [9.17, 15) is 8.42 Å². The minimum atomic E-state index is -3.12. The summed E-state index contributed by atoms with van der Waals surface area (Å²) in [4.78, 5) is 2.25. The lowest BCUT2D eigenvalue weighted by Crippen LogP contribution is -2.33. The average Bonchev–Trinajstić information content (AvgIpc) is 3.00. The molecule has 0 atom stereocenters. The molecule has 4 nitrogen and oxygen atoms in total. The van der Waals surface area contributed by atoms with E-state index in [1.807, 2.05) is 0 Å². The van der Waals surface area contributed by atoms with Crippen molar-refractivity contribution >= 4 is 32.7 Å². The number of sulfonamides is 1. The highest BCUT2D eigenvalue weighted by molar-refractivity contribution is 7.88. The summed E-state index contributed by atoms with van der Waals surface area (Å²) >= 11 is 3.36. The number of nitrogens with zero attached hydrogens (tertiary/aromatic N) is 1. The van der Waals surface area contributed by atoms with Gasteiger partial charge in [0.05, 0.1) is 6.26 Å². The van der Waals surface area contributed by atoms with E-state index in [0.29, 0.717) is 13.1 Å². The predicted molar refractivity (Wildman–Crippen MR) is 85.6 cm³/mol. The zero-order valence-corrected chi connectivity index (χ0v) is 13.7. The fraction of sp³-hybridized carbons (Fsp3) is 0.385. The van der Waals surface area contributed by atoms with Gasteiger partial charge in [-0.15, -0.1) is 0 Å². The number of hydrogen-bond donors (Lipinski definition) is 1. The lowest BCUT2D eigenvalue weighted by Gasteiger charge is -2.21. The van der Waals surface area contributed by atoms with Crippen molar-refractivity contribution in [1.29, 1.82) is 0 Å². The molecule has 2 heterocycles. The quantitative estimate of drug-likeness (QED) is 0.808. The van der Waals surface area contributed by atoms with E-state index in [0.717, 1.165) is 13.1 Å². The van der Waals surface area contributed by atoms with Gasteiger partial charge in [0, 0.05) is 26.2 Å². The molecule has 7 heteroatoms. The van der Waals surface area contributed by atoms with Crippen molar-refractivity contribution in [2.45, 2.75) is 13.1 Å². The minimum Gasteiger partial charge on any atom is -0.293 e. The van der Waals surface area contributed by atoms with E-state index in [-0.39, 0.29) is 0 Å². The third kappa shape index (κ3) is 5.72. The van der Waals surface area contributed by atoms with Gasteiger partial charge in [-0.2, -0.15) is 22.7 Å². The van der Waals surface area contributed by atoms with E-state index in [1.165, 1.54) is 17.4 Å². The Morgan fingerprint density at radius 2 is 1.65 bits per heavy atom. The largest absolute Gasteiger partial charge is 0.293 e. The molecule has 0 saturated carbocycles. The summed E-state index contributed by atoms with van der Waals surface area (Å²) in [6, 6.07) is 4.21. The Morgan fingerprint density at radius 3 is 2.05 bits per heavy atom. The topological polar surface area (TPSA) is 49.4 Å². The second kappa shape index (κ2) is 7.33. The van der Waals surface area contributed by atoms with Crippen LogP contribution in [0.4, 0.5) is 0 Å². The van der Waals surface area contributed by atoms with Crippen LogP contribution >= 0.6 is 22.7 Å². The average molecular weight is 331 g/mol. The molecular weight excluding hydrogens is 312 g/mol. The normalized spacial score (nSPS) is 12.1. The van der Waals surface area contributed by atoms with Crippen molar-refractivity contribution in [3.8, 4) is 0 Å². The maximum atomic E-state index is 11.1. The molecule has 0 amide bonds. The van der Waals surface area contributed by atoms with Crippen LogP contribution in [0.25, 0.3) is 0 Å². The van der Waals surface area contributed by atoms with Gasteiger partial charge >= 0.3 is 0 Å². The van der Waals surface area contributed by atoms with E-state index in [4.69, 9.17) is 0 Å². The van der Waals surface area contributed by atoms with Gasteiger partial charge in [0.25, 0.3) is 0 Å². The fourth-order valence-electron chi connectivity index (χ4n) is 1.88. The predicted octanol–water partition coefficient (Wildman–Crippen LogP) is 2.36. The van der Waals surface area contributed by atoms with Crippen molar-refractivity contribution in [1.82, 2.24) is 9.62 Å². The van der Waals surface area contributed by atoms with Crippen LogP contribution in [0.15, 0.2) is 33.7 Å². The first-order chi connectivity index (χ1) is 9.53. The molecule has 0 unspecified atom stereocenters. The first-order valence-corrected chi connectivity index (χ1v) is 10.00. The number of rotatable bonds is 8. The molecular formula is C13H18N2O2S3. The Hall–Kier alpha value is -0.730. The van der Waals surface area contributed by atoms with Gasteiger partial charge in [-0.1, -0.05) is 0 Å². The molecule has 110 valence electrons. The first kappa shape index (κ1) is 15.7. The monoisotopic (exact) mass is 330 g/mol. The molecule has 2 rings (SSSR count). The Balaban J connectivity index is 1.92. The van der Waals surface area contributed by atoms with Gasteiger partial charge in [0.1, 0.15) is 0 Å². The zero-order valence-electron chi connectivity index (χ0n) is 11.3. The Bertz CT molecular complexity index is 555. The fourth-order valence-corrected chi connectivity index (χ4v) is 3.67. The standard InChI is InChI=1S/C13H18N2O2S3/c1-20(16,17)14-4-5-15(8-12-2-6-18-10-12)9-13-3-7-19-11-13/h2-3,6-7,10-11,14H,4-5,8-9H2,1H3. The third-order valence-corrected chi connectivity index (χ3v) is 4.96. The van der Waals surface area contributed by atoms with E-state index in [2.05, 4.69) is 43.3 Å². The van der Waals surface area contributed by atoms with Crippen LogP contribution in [-0.2, 0) is 23.1 Å². The molecule has 0 bridgehead atoms. The summed E-state index contributed by atoms with van der Waals surface area (Å²) in [5.41, 5.74) is 2.54. The van der Waals surface area contributed by atoms with Crippen LogP contribution in [0.5, 0.6) is 0 Å². The zero-order chi connectivity index (χ0) is 14.4. The van der Waals surface area contributed by atoms with Gasteiger partial charge in [0.2, 0.25) is 10.0 Å². The van der Waals surface area contributed by atoms with Gasteiger partial charge in [-0.3, -0.25) is 4.90 Å². The molecule has 20 heavy (non-hydrogen) atoms. The highest BCUT2D eigenvalue weighted by atomic mass is 32.2. The maximum absolute atomic E-state index is 11.1. The Kier molecular flexibility index (Phi) is 5.74. The molecule has 0 aliphatic carbocycles. The molecule has 0 radical (unpaired) electrons. The number of hydrogen-bond acceptors (Lipinski definition) is 5. The summed E-state index contributed by atoms with van der Waals surface area (Å²) in [5, 5.41) is 8.38. The molecule has 0 spiro atoms. The van der Waals surface area contributed by atoms with Gasteiger partial charge in [-0.25, -0.2) is 13.1 Å². The van der Waals surface area contributed by atoms with Crippen LogP contribution in [0.3, 0.4) is 0 Å². The van der Waals surface area contributed by atoms with Crippen LogP contribution in [0.2, 0.25) is 0 Å². The van der Waals surface area contributed by atoms with Gasteiger partial charge < -0.3 is 0 Å². The summed E-state index contributed by atoms with van der Waals surface area (Å²) < 4.78 is 24.8.